The minimum Gasteiger partial charge on any atom is -0.340 e. The van der Waals surface area contributed by atoms with E-state index in [1.807, 2.05) is 0 Å². The molecule has 3 rings (SSSR count). The molecule has 0 fully saturated rings. The van der Waals surface area contributed by atoms with E-state index in [0.717, 1.165) is 19.6 Å². The number of anilines is 2. The minimum atomic E-state index is 0.956. The van der Waals surface area contributed by atoms with Gasteiger partial charge in [0.1, 0.15) is 0 Å². The molecule has 2 nitrogen and oxygen atoms in total. The van der Waals surface area contributed by atoms with Gasteiger partial charge in [0.25, 0.3) is 0 Å². The summed E-state index contributed by atoms with van der Waals surface area (Å²) in [5.41, 5.74) is 6.69. The molecule has 1 N–H and O–H groups in total. The largest absolute Gasteiger partial charge is 0.340 e. The quantitative estimate of drug-likeness (QED) is 0.835. The van der Waals surface area contributed by atoms with Crippen molar-refractivity contribution in [2.24, 2.45) is 0 Å². The van der Waals surface area contributed by atoms with Gasteiger partial charge in [-0.05, 0) is 37.1 Å². The van der Waals surface area contributed by atoms with Crippen molar-refractivity contribution in [2.45, 2.75) is 20.4 Å². The Kier molecular flexibility index (Phi) is 3.26. The lowest BCUT2D eigenvalue weighted by Crippen LogP contribution is -2.25. The molecule has 0 spiro atoms. The van der Waals surface area contributed by atoms with Crippen molar-refractivity contribution < 1.29 is 0 Å². The number of aryl methyl sites for hydroxylation is 2. The Labute approximate surface area is 115 Å². The Morgan fingerprint density at radius 2 is 1.84 bits per heavy atom. The van der Waals surface area contributed by atoms with Crippen molar-refractivity contribution >= 4 is 11.4 Å². The molecule has 2 aromatic rings. The molecule has 0 aromatic heterocycles. The first-order valence-corrected chi connectivity index (χ1v) is 6.89. The lowest BCUT2D eigenvalue weighted by Gasteiger charge is -2.26. The van der Waals surface area contributed by atoms with Crippen LogP contribution < -0.4 is 10.2 Å². The van der Waals surface area contributed by atoms with Crippen LogP contribution in [-0.2, 0) is 6.54 Å². The molecule has 0 aliphatic carbocycles. The zero-order chi connectivity index (χ0) is 13.2. The lowest BCUT2D eigenvalue weighted by atomic mass is 10.1. The van der Waals surface area contributed by atoms with Crippen molar-refractivity contribution in [3.8, 4) is 0 Å². The number of nitrogens with zero attached hydrogens (tertiary/aromatic N) is 1. The van der Waals surface area contributed by atoms with Crippen LogP contribution >= 0.6 is 0 Å². The van der Waals surface area contributed by atoms with Gasteiger partial charge in [-0.15, -0.1) is 0 Å². The maximum Gasteiger partial charge on any atom is 0.0456 e. The molecule has 0 saturated heterocycles. The summed E-state index contributed by atoms with van der Waals surface area (Å²) in [6.07, 6.45) is 0. The van der Waals surface area contributed by atoms with E-state index in [1.54, 1.807) is 0 Å². The smallest absolute Gasteiger partial charge is 0.0456 e. The van der Waals surface area contributed by atoms with Crippen LogP contribution in [0.1, 0.15) is 16.7 Å². The number of fused-ring (bicyclic) bond motifs is 1. The first kappa shape index (κ1) is 12.2. The summed E-state index contributed by atoms with van der Waals surface area (Å²) < 4.78 is 0. The topological polar surface area (TPSA) is 15.3 Å². The molecule has 0 amide bonds. The summed E-state index contributed by atoms with van der Waals surface area (Å²) in [5, 5.41) is 3.49. The molecule has 1 heterocycles. The van der Waals surface area contributed by atoms with Gasteiger partial charge in [-0.2, -0.15) is 0 Å². The molecular weight excluding hydrogens is 232 g/mol. The molecular formula is C17H20N2. The fraction of sp³-hybridized carbons (Fsp3) is 0.294. The number of para-hydroxylation sites is 1. The lowest BCUT2D eigenvalue weighted by molar-refractivity contribution is 0.712. The highest BCUT2D eigenvalue weighted by atomic mass is 15.2. The predicted molar refractivity (Wildman–Crippen MR) is 81.1 cm³/mol. The zero-order valence-corrected chi connectivity index (χ0v) is 11.6. The SMILES string of the molecule is Cc1ccc(N2CCNCc3ccccc32)c(C)c1. The van der Waals surface area contributed by atoms with Gasteiger partial charge < -0.3 is 10.2 Å². The van der Waals surface area contributed by atoms with Gasteiger partial charge >= 0.3 is 0 Å². The zero-order valence-electron chi connectivity index (χ0n) is 11.6. The molecule has 0 bridgehead atoms. The van der Waals surface area contributed by atoms with Crippen LogP contribution in [0.5, 0.6) is 0 Å². The molecule has 0 saturated carbocycles. The highest BCUT2D eigenvalue weighted by Crippen LogP contribution is 2.32. The van der Waals surface area contributed by atoms with Crippen LogP contribution in [0.2, 0.25) is 0 Å². The van der Waals surface area contributed by atoms with Gasteiger partial charge in [0.2, 0.25) is 0 Å². The van der Waals surface area contributed by atoms with Gasteiger partial charge in [0.15, 0.2) is 0 Å². The number of nitrogens with one attached hydrogen (secondary N) is 1. The van der Waals surface area contributed by atoms with Crippen molar-refractivity contribution in [2.75, 3.05) is 18.0 Å². The highest BCUT2D eigenvalue weighted by molar-refractivity contribution is 5.69. The molecule has 98 valence electrons. The number of hydrogen-bond acceptors (Lipinski definition) is 2. The maximum atomic E-state index is 3.49. The summed E-state index contributed by atoms with van der Waals surface area (Å²) >= 11 is 0. The fourth-order valence-electron chi connectivity index (χ4n) is 2.82. The molecule has 19 heavy (non-hydrogen) atoms. The molecule has 2 aromatic carbocycles. The van der Waals surface area contributed by atoms with Crippen LogP contribution in [0, 0.1) is 13.8 Å². The summed E-state index contributed by atoms with van der Waals surface area (Å²) in [6.45, 7) is 7.33. The summed E-state index contributed by atoms with van der Waals surface area (Å²) in [7, 11) is 0. The number of rotatable bonds is 1. The Bertz CT molecular complexity index is 590. The van der Waals surface area contributed by atoms with E-state index < -0.39 is 0 Å². The fourth-order valence-corrected chi connectivity index (χ4v) is 2.82. The Morgan fingerprint density at radius 1 is 1.00 bits per heavy atom. The molecule has 1 aliphatic rings. The van der Waals surface area contributed by atoms with E-state index in [9.17, 15) is 0 Å². The number of benzene rings is 2. The van der Waals surface area contributed by atoms with Crippen LogP contribution in [0.4, 0.5) is 11.4 Å². The second kappa shape index (κ2) is 5.06. The molecule has 0 unspecified atom stereocenters. The van der Waals surface area contributed by atoms with Crippen molar-refractivity contribution in [1.82, 2.24) is 5.32 Å². The summed E-state index contributed by atoms with van der Waals surface area (Å²) in [6, 6.07) is 15.4. The molecule has 1 aliphatic heterocycles. The third-order valence-corrected chi connectivity index (χ3v) is 3.75. The van der Waals surface area contributed by atoms with Crippen molar-refractivity contribution in [1.29, 1.82) is 0 Å². The maximum absolute atomic E-state index is 3.49. The van der Waals surface area contributed by atoms with E-state index >= 15 is 0 Å². The average molecular weight is 252 g/mol. The van der Waals surface area contributed by atoms with Crippen LogP contribution in [0.25, 0.3) is 0 Å². The van der Waals surface area contributed by atoms with E-state index in [-0.39, 0.29) is 0 Å². The van der Waals surface area contributed by atoms with E-state index in [4.69, 9.17) is 0 Å². The van der Waals surface area contributed by atoms with E-state index in [2.05, 4.69) is 66.5 Å². The van der Waals surface area contributed by atoms with E-state index in [0.29, 0.717) is 0 Å². The standard InChI is InChI=1S/C17H20N2/c1-13-7-8-16(14(2)11-13)19-10-9-18-12-15-5-3-4-6-17(15)19/h3-8,11,18H,9-10,12H2,1-2H3. The predicted octanol–water partition coefficient (Wildman–Crippen LogP) is 3.54. The second-order valence-corrected chi connectivity index (χ2v) is 5.25. The van der Waals surface area contributed by atoms with Crippen LogP contribution in [0.3, 0.4) is 0 Å². The summed E-state index contributed by atoms with van der Waals surface area (Å²) in [5.74, 6) is 0. The van der Waals surface area contributed by atoms with E-state index in [1.165, 1.54) is 28.1 Å². The molecule has 2 heteroatoms. The van der Waals surface area contributed by atoms with Gasteiger partial charge in [0.05, 0.1) is 0 Å². The number of hydrogen-bond donors (Lipinski definition) is 1. The normalized spacial score (nSPS) is 14.9. The highest BCUT2D eigenvalue weighted by Gasteiger charge is 2.17. The average Bonchev–Trinajstić information content (AvgIpc) is 2.61. The first-order chi connectivity index (χ1) is 9.25. The van der Waals surface area contributed by atoms with Crippen molar-refractivity contribution in [3.63, 3.8) is 0 Å². The Balaban J connectivity index is 2.09. The van der Waals surface area contributed by atoms with Gasteiger partial charge in [-0.25, -0.2) is 0 Å². The first-order valence-electron chi connectivity index (χ1n) is 6.89. The second-order valence-electron chi connectivity index (χ2n) is 5.25. The van der Waals surface area contributed by atoms with Gasteiger partial charge in [-0.1, -0.05) is 35.9 Å². The van der Waals surface area contributed by atoms with Crippen molar-refractivity contribution in [3.05, 3.63) is 59.2 Å². The summed E-state index contributed by atoms with van der Waals surface area (Å²) in [4.78, 5) is 2.43. The van der Waals surface area contributed by atoms with Crippen LogP contribution in [-0.4, -0.2) is 13.1 Å². The molecule has 0 atom stereocenters. The Hall–Kier alpha value is -1.80. The Morgan fingerprint density at radius 3 is 2.68 bits per heavy atom. The van der Waals surface area contributed by atoms with Crippen LogP contribution in [0.15, 0.2) is 42.5 Å². The van der Waals surface area contributed by atoms with Gasteiger partial charge in [-0.3, -0.25) is 0 Å². The third-order valence-electron chi connectivity index (χ3n) is 3.75. The minimum absolute atomic E-state index is 0.956. The monoisotopic (exact) mass is 252 g/mol. The van der Waals surface area contributed by atoms with Gasteiger partial charge in [0, 0.05) is 31.0 Å². The molecule has 0 radical (unpaired) electrons. The third kappa shape index (κ3) is 2.36.